The maximum absolute atomic E-state index is 12.9. The van der Waals surface area contributed by atoms with Crippen LogP contribution in [0.3, 0.4) is 0 Å². The van der Waals surface area contributed by atoms with E-state index in [1.807, 2.05) is 24.0 Å². The second-order valence-corrected chi connectivity index (χ2v) is 7.34. The first-order valence-electron chi connectivity index (χ1n) is 9.94. The highest BCUT2D eigenvalue weighted by Crippen LogP contribution is 2.33. The maximum Gasteiger partial charge on any atom is 0.310 e. The number of hydrogen-bond acceptors (Lipinski definition) is 5. The number of methoxy groups -OCH3 is 1. The number of ether oxygens (including phenoxy) is 2. The van der Waals surface area contributed by atoms with E-state index in [0.717, 1.165) is 44.5 Å². The van der Waals surface area contributed by atoms with Gasteiger partial charge in [0, 0.05) is 19.1 Å². The Morgan fingerprint density at radius 3 is 2.78 bits per heavy atom. The molecule has 2 saturated heterocycles. The summed E-state index contributed by atoms with van der Waals surface area (Å²) in [5.74, 6) is 0.596. The van der Waals surface area contributed by atoms with Crippen molar-refractivity contribution in [1.82, 2.24) is 9.80 Å². The van der Waals surface area contributed by atoms with Crippen molar-refractivity contribution in [2.75, 3.05) is 39.9 Å². The van der Waals surface area contributed by atoms with Crippen LogP contribution in [-0.4, -0.2) is 61.6 Å². The quantitative estimate of drug-likeness (QED) is 0.717. The molecule has 6 nitrogen and oxygen atoms in total. The van der Waals surface area contributed by atoms with Crippen LogP contribution in [-0.2, 0) is 14.3 Å². The number of likely N-dealkylation sites (tertiary alicyclic amines) is 2. The Labute approximate surface area is 161 Å². The molecule has 0 spiro atoms. The van der Waals surface area contributed by atoms with Crippen LogP contribution in [0.1, 0.15) is 44.2 Å². The molecular formula is C21H30N2O4. The minimum absolute atomic E-state index is 0.110. The van der Waals surface area contributed by atoms with E-state index >= 15 is 0 Å². The molecular weight excluding hydrogens is 344 g/mol. The highest BCUT2D eigenvalue weighted by Gasteiger charge is 2.33. The van der Waals surface area contributed by atoms with Crippen LogP contribution >= 0.6 is 0 Å². The first-order valence-corrected chi connectivity index (χ1v) is 9.94. The molecule has 1 aromatic rings. The largest absolute Gasteiger partial charge is 0.497 e. The number of rotatable bonds is 6. The first kappa shape index (κ1) is 19.7. The Hall–Kier alpha value is -2.08. The number of nitrogens with zero attached hydrogens (tertiary/aromatic N) is 2. The van der Waals surface area contributed by atoms with Crippen LogP contribution in [0, 0.1) is 5.92 Å². The van der Waals surface area contributed by atoms with E-state index in [0.29, 0.717) is 19.7 Å². The van der Waals surface area contributed by atoms with Crippen LogP contribution in [0.5, 0.6) is 5.75 Å². The summed E-state index contributed by atoms with van der Waals surface area (Å²) in [5, 5.41) is 0. The van der Waals surface area contributed by atoms with E-state index in [2.05, 4.69) is 17.0 Å². The predicted octanol–water partition coefficient (Wildman–Crippen LogP) is 2.63. The van der Waals surface area contributed by atoms with Crippen molar-refractivity contribution >= 4 is 11.9 Å². The highest BCUT2D eigenvalue weighted by atomic mass is 16.5. The smallest absolute Gasteiger partial charge is 0.310 e. The molecule has 1 aromatic carbocycles. The summed E-state index contributed by atoms with van der Waals surface area (Å²) in [6, 6.07) is 8.35. The SMILES string of the molecule is CCOC(=O)[C@@H]1CCCN(C(=O)CN2CCC[C@H]2c2cccc(OC)c2)C1. The number of benzene rings is 1. The van der Waals surface area contributed by atoms with Crippen molar-refractivity contribution in [2.45, 2.75) is 38.6 Å². The molecule has 2 heterocycles. The van der Waals surface area contributed by atoms with E-state index in [1.54, 1.807) is 7.11 Å². The van der Waals surface area contributed by atoms with E-state index in [4.69, 9.17) is 9.47 Å². The number of carbonyl (C=O) groups is 2. The summed E-state index contributed by atoms with van der Waals surface area (Å²) >= 11 is 0. The number of amides is 1. The third kappa shape index (κ3) is 4.80. The monoisotopic (exact) mass is 374 g/mol. The average Bonchev–Trinajstić information content (AvgIpc) is 3.16. The fourth-order valence-corrected chi connectivity index (χ4v) is 4.17. The highest BCUT2D eigenvalue weighted by molar-refractivity contribution is 5.80. The number of piperidine rings is 1. The van der Waals surface area contributed by atoms with Crippen molar-refractivity contribution in [3.63, 3.8) is 0 Å². The second-order valence-electron chi connectivity index (χ2n) is 7.34. The molecule has 2 aliphatic heterocycles. The lowest BCUT2D eigenvalue weighted by atomic mass is 9.98. The Balaban J connectivity index is 1.61. The van der Waals surface area contributed by atoms with Gasteiger partial charge in [0.05, 0.1) is 26.2 Å². The van der Waals surface area contributed by atoms with Crippen LogP contribution < -0.4 is 4.74 Å². The van der Waals surface area contributed by atoms with E-state index in [1.165, 1.54) is 5.56 Å². The molecule has 0 saturated carbocycles. The van der Waals surface area contributed by atoms with Gasteiger partial charge < -0.3 is 14.4 Å². The van der Waals surface area contributed by atoms with E-state index in [9.17, 15) is 9.59 Å². The second kappa shape index (κ2) is 9.22. The van der Waals surface area contributed by atoms with Crippen molar-refractivity contribution in [2.24, 2.45) is 5.92 Å². The third-order valence-corrected chi connectivity index (χ3v) is 5.57. The normalized spacial score (nSPS) is 23.3. The van der Waals surface area contributed by atoms with Gasteiger partial charge >= 0.3 is 5.97 Å². The molecule has 148 valence electrons. The lowest BCUT2D eigenvalue weighted by molar-refractivity contribution is -0.151. The summed E-state index contributed by atoms with van der Waals surface area (Å²) < 4.78 is 10.5. The van der Waals surface area contributed by atoms with E-state index < -0.39 is 0 Å². The molecule has 0 unspecified atom stereocenters. The molecule has 27 heavy (non-hydrogen) atoms. The number of esters is 1. The molecule has 2 aliphatic rings. The summed E-state index contributed by atoms with van der Waals surface area (Å²) in [7, 11) is 1.67. The lowest BCUT2D eigenvalue weighted by Crippen LogP contribution is -2.46. The minimum Gasteiger partial charge on any atom is -0.497 e. The zero-order chi connectivity index (χ0) is 19.2. The number of hydrogen-bond donors (Lipinski definition) is 0. The Bertz CT molecular complexity index is 663. The van der Waals surface area contributed by atoms with Crippen molar-refractivity contribution in [3.05, 3.63) is 29.8 Å². The minimum atomic E-state index is -0.185. The van der Waals surface area contributed by atoms with Gasteiger partial charge in [0.15, 0.2) is 0 Å². The molecule has 0 N–H and O–H groups in total. The molecule has 2 atom stereocenters. The van der Waals surface area contributed by atoms with Crippen LogP contribution in [0.4, 0.5) is 0 Å². The summed E-state index contributed by atoms with van der Waals surface area (Å²) in [5.41, 5.74) is 1.20. The maximum atomic E-state index is 12.9. The van der Waals surface area contributed by atoms with Crippen LogP contribution in [0.25, 0.3) is 0 Å². The van der Waals surface area contributed by atoms with Gasteiger partial charge in [0.2, 0.25) is 5.91 Å². The van der Waals surface area contributed by atoms with Gasteiger partial charge in [-0.05, 0) is 56.8 Å². The molecule has 1 amide bonds. The average molecular weight is 374 g/mol. The van der Waals surface area contributed by atoms with Crippen LogP contribution in [0.15, 0.2) is 24.3 Å². The zero-order valence-corrected chi connectivity index (χ0v) is 16.4. The van der Waals surface area contributed by atoms with Crippen molar-refractivity contribution in [1.29, 1.82) is 0 Å². The molecule has 2 fully saturated rings. The number of carbonyl (C=O) groups excluding carboxylic acids is 2. The van der Waals surface area contributed by atoms with Crippen molar-refractivity contribution in [3.8, 4) is 5.75 Å². The predicted molar refractivity (Wildman–Crippen MR) is 102 cm³/mol. The standard InChI is InChI=1S/C21H30N2O4/c1-3-27-21(25)17-8-5-12-23(14-17)20(24)15-22-11-6-10-19(22)16-7-4-9-18(13-16)26-2/h4,7,9,13,17,19H,3,5-6,8,10-12,14-15H2,1-2H3/t17-,19+/m1/s1. The van der Waals surface area contributed by atoms with Gasteiger partial charge in [0.25, 0.3) is 0 Å². The fraction of sp³-hybridized carbons (Fsp3) is 0.619. The van der Waals surface area contributed by atoms with Crippen LogP contribution in [0.2, 0.25) is 0 Å². The van der Waals surface area contributed by atoms with Gasteiger partial charge in [-0.2, -0.15) is 0 Å². The molecule has 6 heteroatoms. The molecule has 3 rings (SSSR count). The summed E-state index contributed by atoms with van der Waals surface area (Å²) in [4.78, 5) is 29.0. The molecule has 0 radical (unpaired) electrons. The topological polar surface area (TPSA) is 59.1 Å². The van der Waals surface area contributed by atoms with E-state index in [-0.39, 0.29) is 23.8 Å². The summed E-state index contributed by atoms with van der Waals surface area (Å²) in [6.07, 6.45) is 3.79. The van der Waals surface area contributed by atoms with Crippen molar-refractivity contribution < 1.29 is 19.1 Å². The van der Waals surface area contributed by atoms with Gasteiger partial charge in [-0.15, -0.1) is 0 Å². The Kier molecular flexibility index (Phi) is 6.72. The van der Waals surface area contributed by atoms with Gasteiger partial charge in [-0.3, -0.25) is 14.5 Å². The molecule has 0 bridgehead atoms. The Morgan fingerprint density at radius 2 is 2.00 bits per heavy atom. The van der Waals surface area contributed by atoms with Gasteiger partial charge in [0.1, 0.15) is 5.75 Å². The zero-order valence-electron chi connectivity index (χ0n) is 16.4. The fourth-order valence-electron chi connectivity index (χ4n) is 4.17. The van der Waals surface area contributed by atoms with Gasteiger partial charge in [-0.25, -0.2) is 0 Å². The van der Waals surface area contributed by atoms with Gasteiger partial charge in [-0.1, -0.05) is 12.1 Å². The molecule has 0 aromatic heterocycles. The third-order valence-electron chi connectivity index (χ3n) is 5.57. The lowest BCUT2D eigenvalue weighted by Gasteiger charge is -2.33. The summed E-state index contributed by atoms with van der Waals surface area (Å²) in [6.45, 7) is 4.73. The first-order chi connectivity index (χ1) is 13.1. The molecule has 0 aliphatic carbocycles. The Morgan fingerprint density at radius 1 is 1.19 bits per heavy atom.